The fourth-order valence-electron chi connectivity index (χ4n) is 1.22. The Kier molecular flexibility index (Phi) is 2.51. The van der Waals surface area contributed by atoms with Gasteiger partial charge in [-0.1, -0.05) is 6.07 Å². The average molecular weight is 257 g/mol. The lowest BCUT2D eigenvalue weighted by Gasteiger charge is -1.93. The molecule has 0 aromatic carbocycles. The van der Waals surface area contributed by atoms with Crippen LogP contribution in [0.2, 0.25) is 0 Å². The molecule has 2 aromatic heterocycles. The van der Waals surface area contributed by atoms with Gasteiger partial charge in [0.1, 0.15) is 10.4 Å². The van der Waals surface area contributed by atoms with Gasteiger partial charge < -0.3 is 4.98 Å². The number of rotatable bonds is 2. The molecule has 13 heavy (non-hydrogen) atoms. The second kappa shape index (κ2) is 3.64. The van der Waals surface area contributed by atoms with Gasteiger partial charge in [-0.05, 0) is 34.3 Å². The van der Waals surface area contributed by atoms with Crippen LogP contribution in [0.4, 0.5) is 0 Å². The van der Waals surface area contributed by atoms with Crippen LogP contribution >= 0.6 is 27.3 Å². The van der Waals surface area contributed by atoms with Crippen molar-refractivity contribution in [2.45, 2.75) is 13.3 Å². The molecular formula is C9H9BrN2S. The highest BCUT2D eigenvalue weighted by molar-refractivity contribution is 9.10. The van der Waals surface area contributed by atoms with Gasteiger partial charge >= 0.3 is 0 Å². The van der Waals surface area contributed by atoms with Crippen molar-refractivity contribution in [3.63, 3.8) is 0 Å². The van der Waals surface area contributed by atoms with Crippen molar-refractivity contribution >= 4 is 27.3 Å². The number of aromatic amines is 1. The van der Waals surface area contributed by atoms with Crippen LogP contribution in [0.1, 0.15) is 16.4 Å². The summed E-state index contributed by atoms with van der Waals surface area (Å²) in [7, 11) is 0. The van der Waals surface area contributed by atoms with Gasteiger partial charge in [-0.3, -0.25) is 0 Å². The van der Waals surface area contributed by atoms with E-state index >= 15 is 0 Å². The summed E-state index contributed by atoms with van der Waals surface area (Å²) < 4.78 is 0.929. The fraction of sp³-hybridized carbons (Fsp3) is 0.222. The molecule has 0 aliphatic rings. The van der Waals surface area contributed by atoms with E-state index in [1.54, 1.807) is 11.3 Å². The number of nitrogens with one attached hydrogen (secondary N) is 1. The van der Waals surface area contributed by atoms with Gasteiger partial charge in [0.15, 0.2) is 0 Å². The molecule has 68 valence electrons. The number of hydrogen-bond donors (Lipinski definition) is 1. The van der Waals surface area contributed by atoms with Gasteiger partial charge in [0.05, 0.1) is 5.69 Å². The third-order valence-electron chi connectivity index (χ3n) is 1.78. The van der Waals surface area contributed by atoms with Crippen molar-refractivity contribution in [1.82, 2.24) is 9.97 Å². The lowest BCUT2D eigenvalue weighted by atomic mass is 10.3. The maximum absolute atomic E-state index is 4.26. The van der Waals surface area contributed by atoms with Crippen molar-refractivity contribution in [3.8, 4) is 0 Å². The third kappa shape index (κ3) is 2.00. The molecule has 4 heteroatoms. The molecule has 2 rings (SSSR count). The summed E-state index contributed by atoms with van der Waals surface area (Å²) in [5.41, 5.74) is 1.15. The van der Waals surface area contributed by atoms with Crippen LogP contribution in [0.15, 0.2) is 22.1 Å². The Morgan fingerprint density at radius 1 is 1.62 bits per heavy atom. The highest BCUT2D eigenvalue weighted by Crippen LogP contribution is 2.19. The molecule has 0 amide bonds. The van der Waals surface area contributed by atoms with Gasteiger partial charge in [-0.25, -0.2) is 4.98 Å². The van der Waals surface area contributed by atoms with Crippen LogP contribution in [-0.2, 0) is 6.42 Å². The smallest absolute Gasteiger partial charge is 0.127 e. The Morgan fingerprint density at radius 3 is 3.00 bits per heavy atom. The normalized spacial score (nSPS) is 10.6. The highest BCUT2D eigenvalue weighted by atomic mass is 79.9. The van der Waals surface area contributed by atoms with Crippen molar-refractivity contribution in [2.75, 3.05) is 0 Å². The lowest BCUT2D eigenvalue weighted by molar-refractivity contribution is 1.08. The molecule has 0 aliphatic heterocycles. The molecule has 2 heterocycles. The van der Waals surface area contributed by atoms with Crippen LogP contribution in [0.25, 0.3) is 0 Å². The Balaban J connectivity index is 2.23. The Labute approximate surface area is 89.2 Å². The first-order valence-electron chi connectivity index (χ1n) is 3.99. The highest BCUT2D eigenvalue weighted by Gasteiger charge is 2.05. The summed E-state index contributed by atoms with van der Waals surface area (Å²) in [6.45, 7) is 1.96. The molecule has 1 N–H and O–H groups in total. The minimum atomic E-state index is 0.929. The summed E-state index contributed by atoms with van der Waals surface area (Å²) in [6.07, 6.45) is 0.930. The predicted octanol–water partition coefficient (Wildman–Crippen LogP) is 3.13. The number of aryl methyl sites for hydroxylation is 1. The van der Waals surface area contributed by atoms with Gasteiger partial charge in [0, 0.05) is 11.3 Å². The average Bonchev–Trinajstić information content (AvgIpc) is 2.63. The first kappa shape index (κ1) is 8.97. The summed E-state index contributed by atoms with van der Waals surface area (Å²) in [5.74, 6) is 0.957. The number of thiophene rings is 1. The molecule has 0 bridgehead atoms. The van der Waals surface area contributed by atoms with Crippen molar-refractivity contribution in [3.05, 3.63) is 38.5 Å². The largest absolute Gasteiger partial charge is 0.345 e. The Bertz CT molecular complexity index is 392. The second-order valence-electron chi connectivity index (χ2n) is 2.85. The molecule has 0 saturated carbocycles. The van der Waals surface area contributed by atoms with E-state index in [9.17, 15) is 0 Å². The van der Waals surface area contributed by atoms with E-state index in [0.29, 0.717) is 0 Å². The van der Waals surface area contributed by atoms with Gasteiger partial charge in [0.25, 0.3) is 0 Å². The van der Waals surface area contributed by atoms with E-state index in [1.807, 2.05) is 6.92 Å². The van der Waals surface area contributed by atoms with Crippen molar-refractivity contribution < 1.29 is 0 Å². The molecule has 0 atom stereocenters. The van der Waals surface area contributed by atoms with Crippen LogP contribution in [0, 0.1) is 6.92 Å². The Hall–Kier alpha value is -0.610. The van der Waals surface area contributed by atoms with E-state index in [1.165, 1.54) is 4.88 Å². The molecule has 0 radical (unpaired) electrons. The number of nitrogens with zero attached hydrogens (tertiary/aromatic N) is 1. The first-order valence-corrected chi connectivity index (χ1v) is 5.66. The quantitative estimate of drug-likeness (QED) is 0.879. The van der Waals surface area contributed by atoms with Gasteiger partial charge in [-0.15, -0.1) is 11.3 Å². The molecule has 0 fully saturated rings. The van der Waals surface area contributed by atoms with E-state index in [0.717, 1.165) is 22.5 Å². The number of hydrogen-bond acceptors (Lipinski definition) is 2. The molecule has 2 nitrogen and oxygen atoms in total. The summed E-state index contributed by atoms with van der Waals surface area (Å²) in [5, 5.41) is 2.09. The fourth-order valence-corrected chi connectivity index (χ4v) is 2.44. The van der Waals surface area contributed by atoms with Crippen LogP contribution < -0.4 is 0 Å². The topological polar surface area (TPSA) is 28.7 Å². The third-order valence-corrected chi connectivity index (χ3v) is 3.31. The maximum Gasteiger partial charge on any atom is 0.127 e. The lowest BCUT2D eigenvalue weighted by Crippen LogP contribution is -1.85. The second-order valence-corrected chi connectivity index (χ2v) is 4.63. The zero-order valence-corrected chi connectivity index (χ0v) is 9.58. The molecule has 0 aliphatic carbocycles. The number of aromatic nitrogens is 2. The summed E-state index contributed by atoms with van der Waals surface area (Å²) >= 11 is 5.19. The summed E-state index contributed by atoms with van der Waals surface area (Å²) in [4.78, 5) is 8.84. The zero-order valence-electron chi connectivity index (χ0n) is 7.17. The molecule has 2 aromatic rings. The molecule has 0 unspecified atom stereocenters. The van der Waals surface area contributed by atoms with Crippen molar-refractivity contribution in [2.24, 2.45) is 0 Å². The first-order chi connectivity index (χ1) is 6.25. The van der Waals surface area contributed by atoms with E-state index in [-0.39, 0.29) is 0 Å². The minimum Gasteiger partial charge on any atom is -0.345 e. The Morgan fingerprint density at radius 2 is 2.46 bits per heavy atom. The number of imidazole rings is 1. The monoisotopic (exact) mass is 256 g/mol. The SMILES string of the molecule is Cc1nc(Br)c(Cc2cccs2)[nH]1. The van der Waals surface area contributed by atoms with Gasteiger partial charge in [0.2, 0.25) is 0 Å². The van der Waals surface area contributed by atoms with E-state index in [4.69, 9.17) is 0 Å². The number of H-pyrrole nitrogens is 1. The summed E-state index contributed by atoms with van der Waals surface area (Å²) in [6, 6.07) is 4.20. The molecule has 0 spiro atoms. The number of halogens is 1. The minimum absolute atomic E-state index is 0.929. The van der Waals surface area contributed by atoms with Crippen LogP contribution in [0.5, 0.6) is 0 Å². The van der Waals surface area contributed by atoms with Crippen molar-refractivity contribution in [1.29, 1.82) is 0 Å². The molecule has 0 saturated heterocycles. The van der Waals surface area contributed by atoms with E-state index in [2.05, 4.69) is 43.4 Å². The maximum atomic E-state index is 4.26. The van der Waals surface area contributed by atoms with Crippen LogP contribution in [0.3, 0.4) is 0 Å². The standard InChI is InChI=1S/C9H9BrN2S/c1-6-11-8(9(10)12-6)5-7-3-2-4-13-7/h2-4H,5H2,1H3,(H,11,12). The van der Waals surface area contributed by atoms with Crippen LogP contribution in [-0.4, -0.2) is 9.97 Å². The van der Waals surface area contributed by atoms with Gasteiger partial charge in [-0.2, -0.15) is 0 Å². The van der Waals surface area contributed by atoms with E-state index < -0.39 is 0 Å². The molecular weight excluding hydrogens is 248 g/mol. The predicted molar refractivity (Wildman–Crippen MR) is 58.1 cm³/mol. The zero-order chi connectivity index (χ0) is 9.26.